The zero-order valence-electron chi connectivity index (χ0n) is 19.1. The monoisotopic (exact) mass is 550 g/mol. The van der Waals surface area contributed by atoms with E-state index in [-0.39, 0.29) is 22.6 Å². The predicted octanol–water partition coefficient (Wildman–Crippen LogP) is 4.93. The molecule has 0 aliphatic heterocycles. The van der Waals surface area contributed by atoms with E-state index in [9.17, 15) is 19.6 Å². The van der Waals surface area contributed by atoms with Crippen LogP contribution in [0, 0.1) is 11.3 Å². The van der Waals surface area contributed by atoms with Gasteiger partial charge in [0.1, 0.15) is 17.4 Å². The van der Waals surface area contributed by atoms with Gasteiger partial charge in [0.15, 0.2) is 11.5 Å². The number of nitrogens with one attached hydrogen (secondary N) is 1. The Morgan fingerprint density at radius 3 is 2.17 bits per heavy atom. The predicted molar refractivity (Wildman–Crippen MR) is 134 cm³/mol. The van der Waals surface area contributed by atoms with Crippen LogP contribution in [0.5, 0.6) is 17.2 Å². The molecule has 3 aromatic rings. The Morgan fingerprint density at radius 1 is 0.972 bits per heavy atom. The number of aromatic carboxylic acids is 1. The summed E-state index contributed by atoms with van der Waals surface area (Å²) in [5, 5.41) is 21.0. The Hall–Kier alpha value is -4.62. The molecule has 3 aromatic carbocycles. The smallest absolute Gasteiger partial charge is 0.343 e. The molecule has 0 saturated heterocycles. The van der Waals surface area contributed by atoms with Crippen molar-refractivity contribution in [2.75, 3.05) is 19.5 Å². The number of ether oxygens (including phenoxy) is 3. The second-order valence-corrected chi connectivity index (χ2v) is 8.01. The van der Waals surface area contributed by atoms with Gasteiger partial charge >= 0.3 is 11.9 Å². The summed E-state index contributed by atoms with van der Waals surface area (Å²) in [6, 6.07) is 16.8. The molecule has 3 rings (SSSR count). The van der Waals surface area contributed by atoms with Crippen molar-refractivity contribution in [1.82, 2.24) is 0 Å². The van der Waals surface area contributed by atoms with Crippen molar-refractivity contribution in [1.29, 1.82) is 5.26 Å². The average molecular weight is 551 g/mol. The van der Waals surface area contributed by atoms with Crippen LogP contribution in [-0.2, 0) is 4.79 Å². The normalized spacial score (nSPS) is 10.7. The average Bonchev–Trinajstić information content (AvgIpc) is 2.88. The van der Waals surface area contributed by atoms with Gasteiger partial charge < -0.3 is 24.6 Å². The topological polar surface area (TPSA) is 135 Å². The maximum absolute atomic E-state index is 12.6. The highest BCUT2D eigenvalue weighted by atomic mass is 79.9. The Balaban J connectivity index is 1.82. The molecular weight excluding hydrogens is 532 g/mol. The molecule has 1 amide bonds. The number of hydrogen-bond acceptors (Lipinski definition) is 7. The lowest BCUT2D eigenvalue weighted by molar-refractivity contribution is -0.112. The third kappa shape index (κ3) is 6.28. The van der Waals surface area contributed by atoms with Gasteiger partial charge in [0.05, 0.1) is 29.8 Å². The maximum atomic E-state index is 12.6. The quantitative estimate of drug-likeness (QED) is 0.174. The van der Waals surface area contributed by atoms with E-state index in [1.54, 1.807) is 30.3 Å². The highest BCUT2D eigenvalue weighted by Crippen LogP contribution is 2.38. The number of carbonyl (C=O) groups is 3. The zero-order chi connectivity index (χ0) is 26.2. The molecule has 0 aliphatic rings. The van der Waals surface area contributed by atoms with E-state index in [2.05, 4.69) is 21.2 Å². The Kier molecular flexibility index (Phi) is 8.43. The number of esters is 1. The van der Waals surface area contributed by atoms with E-state index in [1.807, 2.05) is 6.07 Å². The van der Waals surface area contributed by atoms with Crippen LogP contribution < -0.4 is 19.5 Å². The van der Waals surface area contributed by atoms with Gasteiger partial charge in [-0.15, -0.1) is 0 Å². The van der Waals surface area contributed by atoms with Crippen molar-refractivity contribution in [3.8, 4) is 23.3 Å². The van der Waals surface area contributed by atoms with E-state index in [0.717, 1.165) is 0 Å². The number of halogens is 1. The van der Waals surface area contributed by atoms with Gasteiger partial charge in [-0.3, -0.25) is 4.79 Å². The summed E-state index contributed by atoms with van der Waals surface area (Å²) in [6.07, 6.45) is 1.34. The molecule has 0 fully saturated rings. The first-order chi connectivity index (χ1) is 17.2. The van der Waals surface area contributed by atoms with Crippen LogP contribution in [-0.4, -0.2) is 37.2 Å². The van der Waals surface area contributed by atoms with Crippen LogP contribution in [0.25, 0.3) is 6.08 Å². The van der Waals surface area contributed by atoms with E-state index in [1.165, 1.54) is 50.6 Å². The summed E-state index contributed by atoms with van der Waals surface area (Å²) in [4.78, 5) is 36.1. The van der Waals surface area contributed by atoms with Crippen LogP contribution in [0.2, 0.25) is 0 Å². The van der Waals surface area contributed by atoms with Gasteiger partial charge in [0.2, 0.25) is 0 Å². The lowest BCUT2D eigenvalue weighted by Crippen LogP contribution is -2.13. The molecular formula is C26H19BrN2O7. The molecule has 0 saturated carbocycles. The Bertz CT molecular complexity index is 1380. The number of anilines is 1. The van der Waals surface area contributed by atoms with Gasteiger partial charge in [-0.05, 0) is 88.2 Å². The first kappa shape index (κ1) is 26.0. The second-order valence-electron chi connectivity index (χ2n) is 7.16. The molecule has 0 radical (unpaired) electrons. The maximum Gasteiger partial charge on any atom is 0.343 e. The first-order valence-corrected chi connectivity index (χ1v) is 11.0. The minimum atomic E-state index is -1.09. The van der Waals surface area contributed by atoms with Crippen molar-refractivity contribution in [3.05, 3.63) is 87.4 Å². The van der Waals surface area contributed by atoms with E-state index < -0.39 is 17.8 Å². The van der Waals surface area contributed by atoms with E-state index in [0.29, 0.717) is 27.0 Å². The summed E-state index contributed by atoms with van der Waals surface area (Å²) in [7, 11) is 2.91. The number of benzene rings is 3. The number of hydrogen-bond donors (Lipinski definition) is 2. The Morgan fingerprint density at radius 2 is 1.61 bits per heavy atom. The largest absolute Gasteiger partial charge is 0.497 e. The minimum absolute atomic E-state index is 0.0637. The van der Waals surface area contributed by atoms with Gasteiger partial charge in [0.25, 0.3) is 5.91 Å². The molecule has 0 unspecified atom stereocenters. The molecule has 0 bridgehead atoms. The van der Waals surface area contributed by atoms with Crippen LogP contribution in [0.15, 0.2) is 70.7 Å². The summed E-state index contributed by atoms with van der Waals surface area (Å²) in [6.45, 7) is 0. The lowest BCUT2D eigenvalue weighted by atomic mass is 10.1. The SMILES string of the molecule is COc1ccc(C(=O)Oc2c(Br)cc(/C=C(\C#N)C(=O)Nc3ccc(C(=O)O)cc3)cc2OC)cc1. The highest BCUT2D eigenvalue weighted by Gasteiger charge is 2.18. The first-order valence-electron chi connectivity index (χ1n) is 10.3. The molecule has 182 valence electrons. The van der Waals surface area contributed by atoms with Crippen LogP contribution >= 0.6 is 15.9 Å². The Labute approximate surface area is 214 Å². The molecule has 36 heavy (non-hydrogen) atoms. The van der Waals surface area contributed by atoms with Gasteiger partial charge in [-0.25, -0.2) is 9.59 Å². The fraction of sp³-hybridized carbons (Fsp3) is 0.0769. The fourth-order valence-corrected chi connectivity index (χ4v) is 3.55. The van der Waals surface area contributed by atoms with E-state index in [4.69, 9.17) is 19.3 Å². The molecule has 0 heterocycles. The van der Waals surface area contributed by atoms with E-state index >= 15 is 0 Å². The summed E-state index contributed by atoms with van der Waals surface area (Å²) in [5.74, 6) is -1.49. The molecule has 0 spiro atoms. The number of carbonyl (C=O) groups excluding carboxylic acids is 2. The number of nitriles is 1. The van der Waals surface area contributed by atoms with Gasteiger partial charge in [-0.2, -0.15) is 5.26 Å². The van der Waals surface area contributed by atoms with Crippen molar-refractivity contribution in [2.24, 2.45) is 0 Å². The number of carboxylic acids is 1. The van der Waals surface area contributed by atoms with Crippen LogP contribution in [0.4, 0.5) is 5.69 Å². The van der Waals surface area contributed by atoms with Gasteiger partial charge in [0, 0.05) is 5.69 Å². The van der Waals surface area contributed by atoms with Crippen molar-refractivity contribution in [2.45, 2.75) is 0 Å². The number of amides is 1. The summed E-state index contributed by atoms with van der Waals surface area (Å²) in [5.41, 5.74) is 0.901. The summed E-state index contributed by atoms with van der Waals surface area (Å²) < 4.78 is 16.3. The molecule has 2 N–H and O–H groups in total. The molecule has 0 aromatic heterocycles. The highest BCUT2D eigenvalue weighted by molar-refractivity contribution is 9.10. The van der Waals surface area contributed by atoms with Crippen molar-refractivity contribution >= 4 is 45.5 Å². The fourth-order valence-electron chi connectivity index (χ4n) is 3.01. The zero-order valence-corrected chi connectivity index (χ0v) is 20.7. The number of nitrogens with zero attached hydrogens (tertiary/aromatic N) is 1. The second kappa shape index (κ2) is 11.7. The number of rotatable bonds is 8. The lowest BCUT2D eigenvalue weighted by Gasteiger charge is -2.13. The number of methoxy groups -OCH3 is 2. The molecule has 0 atom stereocenters. The molecule has 10 heteroatoms. The van der Waals surface area contributed by atoms with Crippen LogP contribution in [0.3, 0.4) is 0 Å². The molecule has 0 aliphatic carbocycles. The van der Waals surface area contributed by atoms with Crippen molar-refractivity contribution < 1.29 is 33.7 Å². The van der Waals surface area contributed by atoms with Crippen LogP contribution in [0.1, 0.15) is 26.3 Å². The minimum Gasteiger partial charge on any atom is -0.497 e. The number of carboxylic acid groups (broad SMARTS) is 1. The van der Waals surface area contributed by atoms with Gasteiger partial charge in [-0.1, -0.05) is 0 Å². The summed E-state index contributed by atoms with van der Waals surface area (Å²) >= 11 is 3.35. The third-order valence-corrected chi connectivity index (χ3v) is 5.43. The molecule has 9 nitrogen and oxygen atoms in total. The third-order valence-electron chi connectivity index (χ3n) is 4.84. The standard InChI is InChI=1S/C26H19BrN2O7/c1-34-20-9-5-17(6-10-20)26(33)36-23-21(27)12-15(13-22(23)35-2)11-18(14-28)24(30)29-19-7-3-16(4-8-19)25(31)32/h3-13H,1-2H3,(H,29,30)(H,31,32)/b18-11+. The van der Waals surface area contributed by atoms with Crippen molar-refractivity contribution in [3.63, 3.8) is 0 Å².